The van der Waals surface area contributed by atoms with E-state index in [9.17, 15) is 0 Å². The van der Waals surface area contributed by atoms with Gasteiger partial charge in [-0.15, -0.1) is 0 Å². The molecule has 0 amide bonds. The number of ether oxygens (including phenoxy) is 1. The quantitative estimate of drug-likeness (QED) is 0.713. The summed E-state index contributed by atoms with van der Waals surface area (Å²) in [6.07, 6.45) is 4.75. The Hall–Kier alpha value is -2.39. The molecule has 6 rings (SSSR count). The van der Waals surface area contributed by atoms with Crippen LogP contribution in [0.25, 0.3) is 22.0 Å². The van der Waals surface area contributed by atoms with E-state index in [1.807, 2.05) is 6.20 Å². The molecule has 0 aliphatic carbocycles. The largest absolute Gasteiger partial charge is 0.487 e. The van der Waals surface area contributed by atoms with Crippen LogP contribution < -0.4 is 4.74 Å². The van der Waals surface area contributed by atoms with Gasteiger partial charge in [0.1, 0.15) is 11.9 Å². The van der Waals surface area contributed by atoms with Gasteiger partial charge in [-0.1, -0.05) is 42.5 Å². The minimum absolute atomic E-state index is 0.327. The molecule has 0 unspecified atom stereocenters. The number of benzene rings is 2. The first-order chi connectivity index (χ1) is 12.4. The Kier molecular flexibility index (Phi) is 3.67. The Labute approximate surface area is 148 Å². The molecule has 2 bridgehead atoms. The summed E-state index contributed by atoms with van der Waals surface area (Å²) in [5.74, 6) is 1.60. The van der Waals surface area contributed by atoms with Crippen LogP contribution in [0.2, 0.25) is 0 Å². The van der Waals surface area contributed by atoms with E-state index < -0.39 is 0 Å². The number of nitrogens with zero attached hydrogens (tertiary/aromatic N) is 2. The van der Waals surface area contributed by atoms with Gasteiger partial charge in [0.15, 0.2) is 0 Å². The SMILES string of the molecule is c1ccc2c(-c3ccc(O[C@H]4CN5CCC4CC5)cn3)cccc2c1. The average Bonchev–Trinajstić information content (AvgIpc) is 2.69. The summed E-state index contributed by atoms with van der Waals surface area (Å²) in [7, 11) is 0. The third kappa shape index (κ3) is 2.79. The van der Waals surface area contributed by atoms with Crippen LogP contribution >= 0.6 is 0 Å². The number of piperidine rings is 3. The number of aromatic nitrogens is 1. The second kappa shape index (κ2) is 6.16. The van der Waals surface area contributed by atoms with Gasteiger partial charge in [-0.25, -0.2) is 0 Å². The smallest absolute Gasteiger partial charge is 0.138 e. The van der Waals surface area contributed by atoms with Crippen LogP contribution in [0.3, 0.4) is 0 Å². The summed E-state index contributed by atoms with van der Waals surface area (Å²) < 4.78 is 6.26. The number of hydrogen-bond acceptors (Lipinski definition) is 3. The molecule has 4 heterocycles. The molecular formula is C22H22N2O. The van der Waals surface area contributed by atoms with E-state index in [-0.39, 0.29) is 0 Å². The molecule has 0 N–H and O–H groups in total. The number of rotatable bonds is 3. The highest BCUT2D eigenvalue weighted by Gasteiger charge is 2.35. The summed E-state index contributed by atoms with van der Waals surface area (Å²) in [5, 5.41) is 2.48. The van der Waals surface area contributed by atoms with Gasteiger partial charge in [-0.05, 0) is 54.8 Å². The van der Waals surface area contributed by atoms with Crippen LogP contribution in [-0.2, 0) is 0 Å². The molecule has 126 valence electrons. The Morgan fingerprint density at radius 2 is 1.76 bits per heavy atom. The molecule has 0 saturated carbocycles. The van der Waals surface area contributed by atoms with Crippen molar-refractivity contribution < 1.29 is 4.74 Å². The first kappa shape index (κ1) is 14.9. The van der Waals surface area contributed by atoms with E-state index in [0.717, 1.165) is 18.0 Å². The van der Waals surface area contributed by atoms with Gasteiger partial charge < -0.3 is 4.74 Å². The van der Waals surface area contributed by atoms with Gasteiger partial charge in [0.05, 0.1) is 11.9 Å². The number of pyridine rings is 1. The highest BCUT2D eigenvalue weighted by molar-refractivity contribution is 5.95. The van der Waals surface area contributed by atoms with Crippen LogP contribution in [0.15, 0.2) is 60.8 Å². The van der Waals surface area contributed by atoms with Gasteiger partial charge in [0, 0.05) is 12.1 Å². The van der Waals surface area contributed by atoms with Crippen molar-refractivity contribution in [1.29, 1.82) is 0 Å². The summed E-state index contributed by atoms with van der Waals surface area (Å²) in [6.45, 7) is 3.54. The molecule has 1 aromatic heterocycles. The molecule has 2 aromatic carbocycles. The lowest BCUT2D eigenvalue weighted by Crippen LogP contribution is -2.52. The minimum atomic E-state index is 0.327. The first-order valence-corrected chi connectivity index (χ1v) is 9.20. The molecule has 1 atom stereocenters. The molecule has 3 nitrogen and oxygen atoms in total. The molecule has 3 aromatic rings. The minimum Gasteiger partial charge on any atom is -0.487 e. The lowest BCUT2D eigenvalue weighted by atomic mass is 9.86. The second-order valence-corrected chi connectivity index (χ2v) is 7.20. The van der Waals surface area contributed by atoms with E-state index >= 15 is 0 Å². The van der Waals surface area contributed by atoms with E-state index in [2.05, 4.69) is 64.5 Å². The van der Waals surface area contributed by atoms with Crippen molar-refractivity contribution >= 4 is 10.8 Å². The maximum Gasteiger partial charge on any atom is 0.138 e. The van der Waals surface area contributed by atoms with Gasteiger partial charge in [-0.3, -0.25) is 9.88 Å². The molecule has 3 fully saturated rings. The zero-order chi connectivity index (χ0) is 16.6. The van der Waals surface area contributed by atoms with Crippen LogP contribution in [0.4, 0.5) is 0 Å². The predicted octanol–water partition coefficient (Wildman–Crippen LogP) is 4.37. The second-order valence-electron chi connectivity index (χ2n) is 7.20. The lowest BCUT2D eigenvalue weighted by Gasteiger charge is -2.44. The Morgan fingerprint density at radius 1 is 0.920 bits per heavy atom. The van der Waals surface area contributed by atoms with E-state index in [1.165, 1.54) is 42.3 Å². The molecule has 0 radical (unpaired) electrons. The molecule has 25 heavy (non-hydrogen) atoms. The molecule has 3 aliphatic heterocycles. The summed E-state index contributed by atoms with van der Waals surface area (Å²) in [5.41, 5.74) is 2.17. The highest BCUT2D eigenvalue weighted by Crippen LogP contribution is 2.32. The molecule has 3 heteroatoms. The summed E-state index contributed by atoms with van der Waals surface area (Å²) in [4.78, 5) is 7.20. The molecular weight excluding hydrogens is 308 g/mol. The van der Waals surface area contributed by atoms with Crippen LogP contribution in [0.5, 0.6) is 5.75 Å². The summed E-state index contributed by atoms with van der Waals surface area (Å²) in [6, 6.07) is 19.0. The zero-order valence-electron chi connectivity index (χ0n) is 14.3. The van der Waals surface area contributed by atoms with Gasteiger partial charge in [-0.2, -0.15) is 0 Å². The number of fused-ring (bicyclic) bond motifs is 4. The van der Waals surface area contributed by atoms with Crippen molar-refractivity contribution in [3.63, 3.8) is 0 Å². The first-order valence-electron chi connectivity index (χ1n) is 9.20. The maximum atomic E-state index is 6.26. The van der Waals surface area contributed by atoms with E-state index in [1.54, 1.807) is 0 Å². The zero-order valence-corrected chi connectivity index (χ0v) is 14.3. The monoisotopic (exact) mass is 330 g/mol. The summed E-state index contributed by atoms with van der Waals surface area (Å²) >= 11 is 0. The van der Waals surface area contributed by atoms with Crippen LogP contribution in [-0.4, -0.2) is 35.6 Å². The molecule has 0 spiro atoms. The average molecular weight is 330 g/mol. The Balaban J connectivity index is 1.40. The van der Waals surface area contributed by atoms with Crippen molar-refractivity contribution in [2.24, 2.45) is 5.92 Å². The molecule has 3 saturated heterocycles. The topological polar surface area (TPSA) is 25.4 Å². The molecule has 3 aliphatic rings. The maximum absolute atomic E-state index is 6.26. The van der Waals surface area contributed by atoms with Gasteiger partial charge in [0.2, 0.25) is 0 Å². The van der Waals surface area contributed by atoms with Gasteiger partial charge in [0.25, 0.3) is 0 Å². The fraction of sp³-hybridized carbons (Fsp3) is 0.318. The van der Waals surface area contributed by atoms with E-state index in [0.29, 0.717) is 12.0 Å². The van der Waals surface area contributed by atoms with E-state index in [4.69, 9.17) is 4.74 Å². The van der Waals surface area contributed by atoms with Crippen LogP contribution in [0.1, 0.15) is 12.8 Å². The van der Waals surface area contributed by atoms with Crippen molar-refractivity contribution in [3.05, 3.63) is 60.8 Å². The third-order valence-corrected chi connectivity index (χ3v) is 5.69. The van der Waals surface area contributed by atoms with Gasteiger partial charge >= 0.3 is 0 Å². The van der Waals surface area contributed by atoms with Crippen molar-refractivity contribution in [1.82, 2.24) is 9.88 Å². The van der Waals surface area contributed by atoms with Crippen LogP contribution in [0, 0.1) is 5.92 Å². The van der Waals surface area contributed by atoms with Crippen molar-refractivity contribution in [2.45, 2.75) is 18.9 Å². The normalized spacial score (nSPS) is 25.2. The third-order valence-electron chi connectivity index (χ3n) is 5.69. The van der Waals surface area contributed by atoms with Crippen molar-refractivity contribution in [3.8, 4) is 17.0 Å². The predicted molar refractivity (Wildman–Crippen MR) is 101 cm³/mol. The lowest BCUT2D eigenvalue weighted by molar-refractivity contribution is -0.00791. The Morgan fingerprint density at radius 3 is 2.52 bits per heavy atom. The van der Waals surface area contributed by atoms with Crippen molar-refractivity contribution in [2.75, 3.05) is 19.6 Å². The number of hydrogen-bond donors (Lipinski definition) is 0. The fourth-order valence-corrected chi connectivity index (χ4v) is 4.28. The highest BCUT2D eigenvalue weighted by atomic mass is 16.5. The standard InChI is InChI=1S/C22H22N2O/c1-2-6-19-16(4-1)5-3-7-20(19)21-9-8-18(14-23-21)25-22-15-24-12-10-17(22)11-13-24/h1-9,14,17,22H,10-13,15H2/t22-/m0/s1. The fourth-order valence-electron chi connectivity index (χ4n) is 4.28. The Bertz CT molecular complexity index is 877.